The predicted octanol–water partition coefficient (Wildman–Crippen LogP) is 3.37. The van der Waals surface area contributed by atoms with Crippen molar-refractivity contribution in [1.82, 2.24) is 5.32 Å². The van der Waals surface area contributed by atoms with Gasteiger partial charge in [-0.15, -0.1) is 11.3 Å². The zero-order chi connectivity index (χ0) is 16.4. The van der Waals surface area contributed by atoms with E-state index in [1.807, 2.05) is 18.2 Å². The summed E-state index contributed by atoms with van der Waals surface area (Å²) in [5.41, 5.74) is 2.52. The lowest BCUT2D eigenvalue weighted by atomic mass is 9.99. The largest absolute Gasteiger partial charge is 0.486 e. The smallest absolute Gasteiger partial charge is 0.261 e. The number of amides is 1. The third kappa shape index (κ3) is 3.26. The van der Waals surface area contributed by atoms with E-state index in [2.05, 4.69) is 11.4 Å². The molecule has 2 heterocycles. The van der Waals surface area contributed by atoms with Crippen molar-refractivity contribution in [2.75, 3.05) is 19.8 Å². The van der Waals surface area contributed by atoms with E-state index in [0.29, 0.717) is 19.8 Å². The monoisotopic (exact) mass is 343 g/mol. The van der Waals surface area contributed by atoms with Crippen molar-refractivity contribution in [3.05, 3.63) is 45.1 Å². The first-order valence-electron chi connectivity index (χ1n) is 8.58. The van der Waals surface area contributed by atoms with Gasteiger partial charge in [0.05, 0.1) is 4.88 Å². The van der Waals surface area contributed by atoms with Crippen LogP contribution in [0.4, 0.5) is 0 Å². The fourth-order valence-electron chi connectivity index (χ4n) is 3.25. The molecule has 0 saturated carbocycles. The number of aryl methyl sites for hydroxylation is 2. The van der Waals surface area contributed by atoms with Gasteiger partial charge in [-0.25, -0.2) is 0 Å². The molecule has 0 unspecified atom stereocenters. The molecular formula is C19H21NO3S. The molecule has 1 aromatic heterocycles. The standard InChI is InChI=1S/C19H21NO3S/c21-19(18-12-14-3-1-2-4-17(14)24-18)20-8-7-13-5-6-15-16(11-13)23-10-9-22-15/h5-6,11-12H,1-4,7-10H2,(H,20,21). The fourth-order valence-corrected chi connectivity index (χ4v) is 4.42. The molecule has 4 rings (SSSR count). The summed E-state index contributed by atoms with van der Waals surface area (Å²) >= 11 is 1.66. The molecule has 0 fully saturated rings. The number of hydrogen-bond donors (Lipinski definition) is 1. The van der Waals surface area contributed by atoms with Crippen LogP contribution in [0.15, 0.2) is 24.3 Å². The Morgan fingerprint density at radius 3 is 2.79 bits per heavy atom. The molecule has 1 aliphatic carbocycles. The lowest BCUT2D eigenvalue weighted by Gasteiger charge is -2.18. The first kappa shape index (κ1) is 15.5. The number of nitrogens with one attached hydrogen (secondary N) is 1. The minimum atomic E-state index is 0.0481. The van der Waals surface area contributed by atoms with Crippen LogP contribution in [0.3, 0.4) is 0 Å². The van der Waals surface area contributed by atoms with Crippen molar-refractivity contribution < 1.29 is 14.3 Å². The number of hydrogen-bond acceptors (Lipinski definition) is 4. The Hall–Kier alpha value is -2.01. The average molecular weight is 343 g/mol. The van der Waals surface area contributed by atoms with Gasteiger partial charge < -0.3 is 14.8 Å². The van der Waals surface area contributed by atoms with Gasteiger partial charge in [-0.05, 0) is 61.4 Å². The highest BCUT2D eigenvalue weighted by Gasteiger charge is 2.17. The van der Waals surface area contributed by atoms with Crippen LogP contribution in [0, 0.1) is 0 Å². The summed E-state index contributed by atoms with van der Waals surface area (Å²) in [6, 6.07) is 8.06. The zero-order valence-electron chi connectivity index (χ0n) is 13.6. The Morgan fingerprint density at radius 2 is 1.92 bits per heavy atom. The minimum Gasteiger partial charge on any atom is -0.486 e. The first-order valence-corrected chi connectivity index (χ1v) is 9.39. The molecule has 0 atom stereocenters. The van der Waals surface area contributed by atoms with Crippen molar-refractivity contribution in [2.45, 2.75) is 32.1 Å². The van der Waals surface area contributed by atoms with Crippen LogP contribution in [-0.2, 0) is 19.3 Å². The van der Waals surface area contributed by atoms with Crippen molar-refractivity contribution in [2.24, 2.45) is 0 Å². The Kier molecular flexibility index (Phi) is 4.43. The van der Waals surface area contributed by atoms with Gasteiger partial charge in [-0.1, -0.05) is 6.07 Å². The number of benzene rings is 1. The number of fused-ring (bicyclic) bond motifs is 2. The lowest BCUT2D eigenvalue weighted by molar-refractivity contribution is 0.0958. The summed E-state index contributed by atoms with van der Waals surface area (Å²) in [7, 11) is 0. The van der Waals surface area contributed by atoms with Crippen LogP contribution in [-0.4, -0.2) is 25.7 Å². The van der Waals surface area contributed by atoms with E-state index in [0.717, 1.165) is 41.2 Å². The van der Waals surface area contributed by atoms with Crippen LogP contribution in [0.2, 0.25) is 0 Å². The zero-order valence-corrected chi connectivity index (χ0v) is 14.4. The van der Waals surface area contributed by atoms with Gasteiger partial charge in [0.25, 0.3) is 5.91 Å². The van der Waals surface area contributed by atoms with E-state index in [4.69, 9.17) is 9.47 Å². The molecule has 1 aliphatic heterocycles. The summed E-state index contributed by atoms with van der Waals surface area (Å²) in [4.78, 5) is 14.6. The molecule has 2 aromatic rings. The third-order valence-corrected chi connectivity index (χ3v) is 5.76. The van der Waals surface area contributed by atoms with Crippen molar-refractivity contribution in [3.63, 3.8) is 0 Å². The van der Waals surface area contributed by atoms with Crippen LogP contribution in [0.5, 0.6) is 11.5 Å². The Morgan fingerprint density at radius 1 is 1.08 bits per heavy atom. The summed E-state index contributed by atoms with van der Waals surface area (Å²) < 4.78 is 11.1. The number of carbonyl (C=O) groups excluding carboxylic acids is 1. The second kappa shape index (κ2) is 6.85. The topological polar surface area (TPSA) is 47.6 Å². The van der Waals surface area contributed by atoms with Crippen molar-refractivity contribution in [1.29, 1.82) is 0 Å². The number of thiophene rings is 1. The van der Waals surface area contributed by atoms with E-state index in [9.17, 15) is 4.79 Å². The molecule has 24 heavy (non-hydrogen) atoms. The van der Waals surface area contributed by atoms with Gasteiger partial charge in [0.1, 0.15) is 13.2 Å². The summed E-state index contributed by atoms with van der Waals surface area (Å²) in [6.07, 6.45) is 5.53. The van der Waals surface area contributed by atoms with Crippen LogP contribution < -0.4 is 14.8 Å². The average Bonchev–Trinajstić information content (AvgIpc) is 3.06. The Labute approximate surface area is 145 Å². The van der Waals surface area contributed by atoms with Crippen LogP contribution >= 0.6 is 11.3 Å². The second-order valence-corrected chi connectivity index (χ2v) is 7.39. The molecule has 0 spiro atoms. The maximum atomic E-state index is 12.3. The normalized spacial score (nSPS) is 15.7. The maximum absolute atomic E-state index is 12.3. The van der Waals surface area contributed by atoms with E-state index in [1.165, 1.54) is 23.3 Å². The van der Waals surface area contributed by atoms with Gasteiger partial charge in [-0.3, -0.25) is 4.79 Å². The quantitative estimate of drug-likeness (QED) is 0.926. The van der Waals surface area contributed by atoms with Gasteiger partial charge in [0.15, 0.2) is 11.5 Å². The fraction of sp³-hybridized carbons (Fsp3) is 0.421. The molecule has 4 nitrogen and oxygen atoms in total. The highest BCUT2D eigenvalue weighted by atomic mass is 32.1. The van der Waals surface area contributed by atoms with E-state index in [1.54, 1.807) is 11.3 Å². The lowest BCUT2D eigenvalue weighted by Crippen LogP contribution is -2.25. The summed E-state index contributed by atoms with van der Waals surface area (Å²) in [6.45, 7) is 1.82. The maximum Gasteiger partial charge on any atom is 0.261 e. The number of carbonyl (C=O) groups is 1. The van der Waals surface area contributed by atoms with Gasteiger partial charge in [0, 0.05) is 11.4 Å². The van der Waals surface area contributed by atoms with Gasteiger partial charge >= 0.3 is 0 Å². The number of rotatable bonds is 4. The molecule has 2 aliphatic rings. The molecule has 126 valence electrons. The van der Waals surface area contributed by atoms with E-state index >= 15 is 0 Å². The van der Waals surface area contributed by atoms with Crippen molar-refractivity contribution in [3.8, 4) is 11.5 Å². The second-order valence-electron chi connectivity index (χ2n) is 6.25. The summed E-state index contributed by atoms with van der Waals surface area (Å²) in [5.74, 6) is 1.65. The summed E-state index contributed by atoms with van der Waals surface area (Å²) in [5, 5.41) is 3.04. The van der Waals surface area contributed by atoms with E-state index in [-0.39, 0.29) is 5.91 Å². The molecule has 0 radical (unpaired) electrons. The molecule has 5 heteroatoms. The molecule has 1 amide bonds. The molecule has 1 aromatic carbocycles. The van der Waals surface area contributed by atoms with Gasteiger partial charge in [0.2, 0.25) is 0 Å². The highest BCUT2D eigenvalue weighted by molar-refractivity contribution is 7.14. The molecule has 0 saturated heterocycles. The molecule has 0 bridgehead atoms. The SMILES string of the molecule is O=C(NCCc1ccc2c(c1)OCCO2)c1cc2c(s1)CCCC2. The third-order valence-electron chi connectivity index (χ3n) is 4.53. The number of ether oxygens (including phenoxy) is 2. The highest BCUT2D eigenvalue weighted by Crippen LogP contribution is 2.31. The Bertz CT molecular complexity index is 730. The molecule has 1 N–H and O–H groups in total. The minimum absolute atomic E-state index is 0.0481. The van der Waals surface area contributed by atoms with Crippen LogP contribution in [0.1, 0.15) is 38.5 Å². The molecular weight excluding hydrogens is 322 g/mol. The van der Waals surface area contributed by atoms with Gasteiger partial charge in [-0.2, -0.15) is 0 Å². The van der Waals surface area contributed by atoms with E-state index < -0.39 is 0 Å². The predicted molar refractivity (Wildman–Crippen MR) is 94.4 cm³/mol. The Balaban J connectivity index is 1.33. The first-order chi connectivity index (χ1) is 11.8. The van der Waals surface area contributed by atoms with Crippen molar-refractivity contribution >= 4 is 17.2 Å². The van der Waals surface area contributed by atoms with Crippen LogP contribution in [0.25, 0.3) is 0 Å².